The van der Waals surface area contributed by atoms with Crippen molar-refractivity contribution in [3.63, 3.8) is 0 Å². The smallest absolute Gasteiger partial charge is 0.272 e. The Morgan fingerprint density at radius 3 is 2.11 bits per heavy atom. The second-order valence-corrected chi connectivity index (χ2v) is 12.8. The van der Waals surface area contributed by atoms with Crippen LogP contribution < -0.4 is 10.0 Å². The number of amides is 1. The highest BCUT2D eigenvalue weighted by molar-refractivity contribution is 7.92. The van der Waals surface area contributed by atoms with Crippen molar-refractivity contribution in [1.29, 1.82) is 0 Å². The van der Waals surface area contributed by atoms with Crippen molar-refractivity contribution in [1.82, 2.24) is 10.0 Å². The Morgan fingerprint density at radius 2 is 1.63 bits per heavy atom. The first-order chi connectivity index (χ1) is 12.2. The molecule has 0 saturated carbocycles. The van der Waals surface area contributed by atoms with E-state index in [0.29, 0.717) is 0 Å². The Hall–Kier alpha value is -0.580. The monoisotopic (exact) mass is 476 g/mol. The van der Waals surface area contributed by atoms with E-state index < -0.39 is 53.1 Å². The van der Waals surface area contributed by atoms with Crippen molar-refractivity contribution in [2.24, 2.45) is 0 Å². The Kier molecular flexibility index (Phi) is 6.76. The van der Waals surface area contributed by atoms with E-state index in [1.165, 1.54) is 12.1 Å². The highest BCUT2D eigenvalue weighted by atomic mass is 35.6. The topological polar surface area (TPSA) is 109 Å². The van der Waals surface area contributed by atoms with Crippen molar-refractivity contribution in [3.05, 3.63) is 29.8 Å². The molecule has 1 aromatic rings. The highest BCUT2D eigenvalue weighted by Gasteiger charge is 2.43. The molecule has 2 N–H and O–H groups in total. The molecule has 0 radical (unpaired) electrons. The molecule has 12 heteroatoms. The lowest BCUT2D eigenvalue weighted by Crippen LogP contribution is -2.53. The predicted molar refractivity (Wildman–Crippen MR) is 106 cm³/mol. The van der Waals surface area contributed by atoms with Gasteiger partial charge in [-0.05, 0) is 23.6 Å². The average Bonchev–Trinajstić information content (AvgIpc) is 2.79. The van der Waals surface area contributed by atoms with Crippen LogP contribution in [0.25, 0.3) is 0 Å². The lowest BCUT2D eigenvalue weighted by Gasteiger charge is -2.22. The van der Waals surface area contributed by atoms with Gasteiger partial charge in [0.2, 0.25) is 10.0 Å². The minimum atomic E-state index is -4.01. The number of halogens is 3. The molecule has 0 aliphatic carbocycles. The second-order valence-electron chi connectivity index (χ2n) is 6.61. The molecule has 1 amide bonds. The van der Waals surface area contributed by atoms with Gasteiger partial charge < -0.3 is 5.32 Å². The van der Waals surface area contributed by atoms with Gasteiger partial charge in [0.1, 0.15) is 0 Å². The number of hydrogen-bond acceptors (Lipinski definition) is 5. The fourth-order valence-electron chi connectivity index (χ4n) is 2.66. The van der Waals surface area contributed by atoms with E-state index in [2.05, 4.69) is 10.0 Å². The van der Waals surface area contributed by atoms with E-state index in [1.54, 1.807) is 12.1 Å². The first-order valence-corrected chi connectivity index (χ1v) is 12.4. The van der Waals surface area contributed by atoms with E-state index in [1.807, 2.05) is 13.8 Å². The maximum absolute atomic E-state index is 12.6. The van der Waals surface area contributed by atoms with Gasteiger partial charge in [0.25, 0.3) is 9.70 Å². The van der Waals surface area contributed by atoms with Gasteiger partial charge in [-0.3, -0.25) is 4.79 Å². The van der Waals surface area contributed by atoms with Gasteiger partial charge in [0.15, 0.2) is 9.84 Å². The molecule has 0 aromatic heterocycles. The van der Waals surface area contributed by atoms with Crippen molar-refractivity contribution in [2.45, 2.75) is 40.5 Å². The first-order valence-electron chi connectivity index (χ1n) is 7.92. The molecule has 1 heterocycles. The van der Waals surface area contributed by atoms with Crippen LogP contribution in [0, 0.1) is 0 Å². The van der Waals surface area contributed by atoms with Crippen LogP contribution in [0.1, 0.15) is 25.3 Å². The van der Waals surface area contributed by atoms with Crippen molar-refractivity contribution >= 4 is 60.6 Å². The average molecular weight is 478 g/mol. The Bertz CT molecular complexity index is 910. The number of sulfone groups is 1. The number of rotatable bonds is 5. The summed E-state index contributed by atoms with van der Waals surface area (Å²) >= 11 is 16.4. The Labute approximate surface area is 173 Å². The third kappa shape index (κ3) is 5.95. The molecule has 27 heavy (non-hydrogen) atoms. The number of nitrogens with one attached hydrogen (secondary N) is 2. The second kappa shape index (κ2) is 8.04. The zero-order valence-electron chi connectivity index (χ0n) is 14.4. The van der Waals surface area contributed by atoms with Crippen LogP contribution in [-0.4, -0.2) is 50.1 Å². The summed E-state index contributed by atoms with van der Waals surface area (Å²) in [6.07, 6.45) is 0. The van der Waals surface area contributed by atoms with Gasteiger partial charge in [0.05, 0.1) is 28.5 Å². The molecule has 0 unspecified atom stereocenters. The third-order valence-corrected chi connectivity index (χ3v) is 7.84. The molecule has 152 valence electrons. The molecule has 1 aromatic carbocycles. The van der Waals surface area contributed by atoms with Crippen LogP contribution in [0.5, 0.6) is 0 Å². The van der Waals surface area contributed by atoms with Gasteiger partial charge in [-0.15, -0.1) is 0 Å². The molecular weight excluding hydrogens is 459 g/mol. The molecule has 0 spiro atoms. The molecule has 2 atom stereocenters. The lowest BCUT2D eigenvalue weighted by atomic mass is 10.0. The SMILES string of the molecule is CC(C)c1ccc(S(=O)(=O)N[C@@H]2CS(=O)(=O)C[C@H]2NC(=O)C(Cl)(Cl)Cl)cc1. The van der Waals surface area contributed by atoms with Crippen LogP contribution in [0.15, 0.2) is 29.2 Å². The van der Waals surface area contributed by atoms with Crippen LogP contribution in [-0.2, 0) is 24.7 Å². The van der Waals surface area contributed by atoms with Gasteiger partial charge in [-0.2, -0.15) is 0 Å². The quantitative estimate of drug-likeness (QED) is 0.628. The number of carbonyl (C=O) groups is 1. The highest BCUT2D eigenvalue weighted by Crippen LogP contribution is 2.27. The normalized spacial score (nSPS) is 22.7. The molecular formula is C15H19Cl3N2O5S2. The number of hydrogen-bond donors (Lipinski definition) is 2. The minimum Gasteiger partial charge on any atom is -0.347 e. The van der Waals surface area contributed by atoms with Crippen molar-refractivity contribution < 1.29 is 21.6 Å². The van der Waals surface area contributed by atoms with Gasteiger partial charge in [-0.25, -0.2) is 21.6 Å². The number of carbonyl (C=O) groups excluding carboxylic acids is 1. The molecule has 0 bridgehead atoms. The summed E-state index contributed by atoms with van der Waals surface area (Å²) in [5, 5.41) is 2.28. The summed E-state index contributed by atoms with van der Waals surface area (Å²) in [7, 11) is -7.58. The molecule has 2 rings (SSSR count). The fourth-order valence-corrected chi connectivity index (χ4v) is 6.06. The van der Waals surface area contributed by atoms with Crippen LogP contribution in [0.2, 0.25) is 0 Å². The van der Waals surface area contributed by atoms with Crippen molar-refractivity contribution in [3.8, 4) is 0 Å². The Balaban J connectivity index is 2.22. The lowest BCUT2D eigenvalue weighted by molar-refractivity contribution is -0.120. The zero-order chi connectivity index (χ0) is 20.6. The van der Waals surface area contributed by atoms with Crippen LogP contribution in [0.4, 0.5) is 0 Å². The zero-order valence-corrected chi connectivity index (χ0v) is 18.3. The molecule has 1 saturated heterocycles. The van der Waals surface area contributed by atoms with Crippen LogP contribution >= 0.6 is 34.8 Å². The van der Waals surface area contributed by atoms with E-state index in [0.717, 1.165) is 5.56 Å². The maximum atomic E-state index is 12.6. The predicted octanol–water partition coefficient (Wildman–Crippen LogP) is 1.74. The maximum Gasteiger partial charge on any atom is 0.272 e. The summed E-state index contributed by atoms with van der Waals surface area (Å²) in [5.41, 5.74) is 0.963. The van der Waals surface area contributed by atoms with Crippen LogP contribution in [0.3, 0.4) is 0 Å². The molecule has 7 nitrogen and oxygen atoms in total. The number of benzene rings is 1. The summed E-state index contributed by atoms with van der Waals surface area (Å²) in [4.78, 5) is 11.8. The molecule has 1 fully saturated rings. The van der Waals surface area contributed by atoms with E-state index in [9.17, 15) is 21.6 Å². The van der Waals surface area contributed by atoms with E-state index in [4.69, 9.17) is 34.8 Å². The number of alkyl halides is 3. The minimum absolute atomic E-state index is 0.0114. The van der Waals surface area contributed by atoms with E-state index >= 15 is 0 Å². The standard InChI is InChI=1S/C15H19Cl3N2O5S2/c1-9(2)10-3-5-11(6-4-10)27(24,25)20-13-8-26(22,23)7-12(13)19-14(21)15(16,17)18/h3-6,9,12-13,20H,7-8H2,1-2H3,(H,19,21)/t12-,13-/m1/s1. The third-order valence-electron chi connectivity index (χ3n) is 4.09. The summed E-state index contributed by atoms with van der Waals surface area (Å²) < 4.78 is 49.1. The van der Waals surface area contributed by atoms with Gasteiger partial charge in [-0.1, -0.05) is 60.8 Å². The first kappa shape index (κ1) is 22.7. The fraction of sp³-hybridized carbons (Fsp3) is 0.533. The van der Waals surface area contributed by atoms with Crippen molar-refractivity contribution in [2.75, 3.05) is 11.5 Å². The summed E-state index contributed by atoms with van der Waals surface area (Å²) in [6.45, 7) is 3.95. The number of sulfonamides is 1. The summed E-state index contributed by atoms with van der Waals surface area (Å²) in [6, 6.07) is 4.12. The van der Waals surface area contributed by atoms with Gasteiger partial charge in [0, 0.05) is 0 Å². The van der Waals surface area contributed by atoms with Gasteiger partial charge >= 0.3 is 0 Å². The Morgan fingerprint density at radius 1 is 1.11 bits per heavy atom. The molecule has 1 aliphatic rings. The van der Waals surface area contributed by atoms with E-state index in [-0.39, 0.29) is 10.8 Å². The largest absolute Gasteiger partial charge is 0.347 e. The molecule has 1 aliphatic heterocycles. The summed E-state index contributed by atoms with van der Waals surface area (Å²) in [5.74, 6) is -1.73.